The molecule has 0 bridgehead atoms. The second-order valence-corrected chi connectivity index (χ2v) is 5.36. The molecule has 0 aliphatic carbocycles. The molecule has 0 aliphatic rings. The van der Waals surface area contributed by atoms with Gasteiger partial charge in [-0.05, 0) is 19.1 Å². The Morgan fingerprint density at radius 3 is 2.65 bits per heavy atom. The van der Waals surface area contributed by atoms with Crippen molar-refractivity contribution in [3.8, 4) is 0 Å². The van der Waals surface area contributed by atoms with E-state index in [2.05, 4.69) is 18.9 Å². The van der Waals surface area contributed by atoms with Gasteiger partial charge in [-0.3, -0.25) is 0 Å². The highest BCUT2D eigenvalue weighted by Gasteiger charge is 2.14. The van der Waals surface area contributed by atoms with Gasteiger partial charge in [-0.1, -0.05) is 41.6 Å². The van der Waals surface area contributed by atoms with Crippen molar-refractivity contribution in [1.29, 1.82) is 0 Å². The van der Waals surface area contributed by atoms with Crippen LogP contribution in [-0.4, -0.2) is 19.4 Å². The van der Waals surface area contributed by atoms with Gasteiger partial charge in [0.05, 0.1) is 23.1 Å². The quantitative estimate of drug-likeness (QED) is 0.576. The number of hydrogen-bond donors (Lipinski definition) is 1. The first-order valence-corrected chi connectivity index (χ1v) is 7.73. The molecule has 116 valence electrons. The average molecular weight is 325 g/mol. The fraction of sp³-hybridized carbons (Fsp3) is 0.125. The molecular weight excluding hydrogens is 310 g/mol. The summed E-state index contributed by atoms with van der Waals surface area (Å²) in [6, 6.07) is 15.1. The average Bonchev–Trinajstić information content (AvgIpc) is 2.98. The van der Waals surface area contributed by atoms with E-state index in [-0.39, 0.29) is 6.61 Å². The number of oxime groups is 1. The number of hydrogen-bond acceptors (Lipinski definition) is 7. The second kappa shape index (κ2) is 6.97. The number of pyridine rings is 1. The van der Waals surface area contributed by atoms with Gasteiger partial charge < -0.3 is 10.6 Å². The lowest BCUT2D eigenvalue weighted by atomic mass is 10.1. The first kappa shape index (κ1) is 15.1. The Labute approximate surface area is 138 Å². The molecule has 6 nitrogen and oxygen atoms in total. The summed E-state index contributed by atoms with van der Waals surface area (Å²) in [5, 5.41) is 4.26. The van der Waals surface area contributed by atoms with Crippen LogP contribution in [-0.2, 0) is 11.4 Å². The minimum Gasteiger partial charge on any atom is -0.389 e. The van der Waals surface area contributed by atoms with E-state index in [1.54, 1.807) is 6.07 Å². The summed E-state index contributed by atoms with van der Waals surface area (Å²) in [5.74, 6) is 0.456. The zero-order valence-corrected chi connectivity index (χ0v) is 13.3. The van der Waals surface area contributed by atoms with Crippen molar-refractivity contribution in [2.75, 3.05) is 5.73 Å². The zero-order chi connectivity index (χ0) is 16.1. The molecular formula is C16H15N5OS. The predicted octanol–water partition coefficient (Wildman–Crippen LogP) is 2.79. The molecule has 2 N–H and O–H groups in total. The van der Waals surface area contributed by atoms with Gasteiger partial charge in [0.2, 0.25) is 0 Å². The first-order chi connectivity index (χ1) is 11.2. The van der Waals surface area contributed by atoms with Crippen LogP contribution in [0.5, 0.6) is 0 Å². The molecule has 0 aliphatic heterocycles. The summed E-state index contributed by atoms with van der Waals surface area (Å²) < 4.78 is 8.52. The van der Waals surface area contributed by atoms with Crippen LogP contribution in [0.2, 0.25) is 0 Å². The van der Waals surface area contributed by atoms with Gasteiger partial charge in [-0.2, -0.15) is 8.75 Å². The summed E-state index contributed by atoms with van der Waals surface area (Å²) in [7, 11) is 0. The highest BCUT2D eigenvalue weighted by atomic mass is 32.1. The normalized spacial score (nSPS) is 11.4. The van der Waals surface area contributed by atoms with Crippen LogP contribution in [0.1, 0.15) is 22.6 Å². The Kier molecular flexibility index (Phi) is 4.58. The van der Waals surface area contributed by atoms with Crippen molar-refractivity contribution < 1.29 is 4.84 Å². The maximum atomic E-state index is 5.66. The van der Waals surface area contributed by atoms with Gasteiger partial charge >= 0.3 is 0 Å². The molecule has 0 saturated carbocycles. The Morgan fingerprint density at radius 2 is 1.96 bits per heavy atom. The van der Waals surface area contributed by atoms with Crippen LogP contribution >= 0.6 is 11.7 Å². The molecule has 2 aromatic heterocycles. The first-order valence-electron chi connectivity index (χ1n) is 7.00. The predicted molar refractivity (Wildman–Crippen MR) is 90.2 cm³/mol. The lowest BCUT2D eigenvalue weighted by Gasteiger charge is -2.05. The Bertz CT molecular complexity index is 816. The van der Waals surface area contributed by atoms with E-state index < -0.39 is 0 Å². The number of anilines is 1. The van der Waals surface area contributed by atoms with Crippen molar-refractivity contribution >= 4 is 23.3 Å². The lowest BCUT2D eigenvalue weighted by molar-refractivity contribution is 0.128. The van der Waals surface area contributed by atoms with E-state index in [0.717, 1.165) is 28.7 Å². The maximum absolute atomic E-state index is 5.66. The Hall–Kier alpha value is -2.80. The van der Waals surface area contributed by atoms with E-state index in [9.17, 15) is 0 Å². The van der Waals surface area contributed by atoms with E-state index in [1.165, 1.54) is 0 Å². The topological polar surface area (TPSA) is 86.3 Å². The van der Waals surface area contributed by atoms with Crippen LogP contribution < -0.4 is 5.73 Å². The molecule has 3 aromatic rings. The maximum Gasteiger partial charge on any atom is 0.159 e. The number of aryl methyl sites for hydroxylation is 1. The van der Waals surface area contributed by atoms with Crippen molar-refractivity contribution in [2.24, 2.45) is 5.16 Å². The molecule has 0 radical (unpaired) electrons. The number of aromatic nitrogens is 3. The largest absolute Gasteiger partial charge is 0.389 e. The highest BCUT2D eigenvalue weighted by molar-refractivity contribution is 6.99. The molecule has 7 heteroatoms. The zero-order valence-electron chi connectivity index (χ0n) is 12.5. The molecule has 0 unspecified atom stereocenters. The van der Waals surface area contributed by atoms with Crippen LogP contribution in [0.4, 0.5) is 5.82 Å². The summed E-state index contributed by atoms with van der Waals surface area (Å²) >= 11 is 1.16. The molecule has 3 rings (SSSR count). The summed E-state index contributed by atoms with van der Waals surface area (Å²) in [4.78, 5) is 9.66. The molecule has 0 amide bonds. The van der Waals surface area contributed by atoms with E-state index in [0.29, 0.717) is 17.2 Å². The number of nitrogens with zero attached hydrogens (tertiary/aromatic N) is 4. The van der Waals surface area contributed by atoms with Crippen molar-refractivity contribution in [1.82, 2.24) is 13.7 Å². The fourth-order valence-electron chi connectivity index (χ4n) is 2.02. The Balaban J connectivity index is 1.85. The van der Waals surface area contributed by atoms with Gasteiger partial charge in [-0.15, -0.1) is 0 Å². The lowest BCUT2D eigenvalue weighted by Crippen LogP contribution is -2.07. The molecule has 2 heterocycles. The van der Waals surface area contributed by atoms with E-state index in [1.807, 2.05) is 49.4 Å². The standard InChI is InChI=1S/C16H15N5OS/c1-11-15(21-23-20-11)16(12-6-3-2-4-7-12)19-22-10-13-8-5-9-14(17)18-13/h2-9H,10H2,1H3,(H2,17,18)/b19-16+. The summed E-state index contributed by atoms with van der Waals surface area (Å²) in [5.41, 5.74) is 9.50. The molecule has 23 heavy (non-hydrogen) atoms. The second-order valence-electron chi connectivity index (χ2n) is 4.83. The van der Waals surface area contributed by atoms with Crippen LogP contribution in [0.3, 0.4) is 0 Å². The molecule has 0 spiro atoms. The van der Waals surface area contributed by atoms with E-state index in [4.69, 9.17) is 10.6 Å². The monoisotopic (exact) mass is 325 g/mol. The smallest absolute Gasteiger partial charge is 0.159 e. The van der Waals surface area contributed by atoms with Gasteiger partial charge in [0.1, 0.15) is 17.2 Å². The van der Waals surface area contributed by atoms with Gasteiger partial charge in [0.15, 0.2) is 6.61 Å². The van der Waals surface area contributed by atoms with Gasteiger partial charge in [0, 0.05) is 5.56 Å². The van der Waals surface area contributed by atoms with Crippen LogP contribution in [0.15, 0.2) is 53.7 Å². The van der Waals surface area contributed by atoms with Crippen LogP contribution in [0.25, 0.3) is 0 Å². The third-order valence-electron chi connectivity index (χ3n) is 3.12. The third-order valence-corrected chi connectivity index (χ3v) is 3.74. The van der Waals surface area contributed by atoms with Crippen LogP contribution in [0, 0.1) is 6.92 Å². The van der Waals surface area contributed by atoms with Crippen molar-refractivity contribution in [2.45, 2.75) is 13.5 Å². The number of benzene rings is 1. The Morgan fingerprint density at radius 1 is 1.13 bits per heavy atom. The molecule has 0 saturated heterocycles. The fourth-order valence-corrected chi connectivity index (χ4v) is 2.57. The van der Waals surface area contributed by atoms with Crippen molar-refractivity contribution in [3.05, 3.63) is 71.2 Å². The molecule has 1 aromatic carbocycles. The minimum absolute atomic E-state index is 0.234. The number of nitrogens with two attached hydrogens (primary N) is 1. The molecule has 0 atom stereocenters. The van der Waals surface area contributed by atoms with Gasteiger partial charge in [-0.25, -0.2) is 4.98 Å². The number of nitrogen functional groups attached to an aromatic ring is 1. The van der Waals surface area contributed by atoms with Crippen molar-refractivity contribution in [3.63, 3.8) is 0 Å². The van der Waals surface area contributed by atoms with Gasteiger partial charge in [0.25, 0.3) is 0 Å². The molecule has 0 fully saturated rings. The SMILES string of the molecule is Cc1nsnc1/C(=N/OCc1cccc(N)n1)c1ccccc1. The number of rotatable bonds is 5. The van der Waals surface area contributed by atoms with E-state index >= 15 is 0 Å². The summed E-state index contributed by atoms with van der Waals surface area (Å²) in [6.45, 7) is 2.13. The third kappa shape index (κ3) is 3.70. The summed E-state index contributed by atoms with van der Waals surface area (Å²) in [6.07, 6.45) is 0. The highest BCUT2D eigenvalue weighted by Crippen LogP contribution is 2.14. The minimum atomic E-state index is 0.234.